The molecule has 1 aliphatic carbocycles. The summed E-state index contributed by atoms with van der Waals surface area (Å²) in [6.45, 7) is -3.25. The molecular formula is C82H58O53. The van der Waals surface area contributed by atoms with E-state index in [1.54, 1.807) is 0 Å². The SMILES string of the molecule is O=C1OC2C3COC(=O)c4cc(O)c(Oc5c(C(=O)OC6C(OC(=O)c7cc(O)c(O)c(O)c7)OC(COC(=O)c7cc(O)c(O)c(O)c7)C(OC(=O)c7cc(O)c(O)c(O)c7)C6OC(=O)c6cc(O)c(O)c(O)c6)cc(O)c(O)c5O)c(O)c4-c4c(cc(O)c(O)c4O)C(=O)OC2C(OC(=O)c2cc(O)c(O)c4c2C2C1=CC(=O)C(O)(O4)C2(O)O)C(OC(=O)c1cc(O)c(O)c(O)c1)O3. The summed E-state index contributed by atoms with van der Waals surface area (Å²) in [7, 11) is 0. The van der Waals surface area contributed by atoms with Gasteiger partial charge < -0.3 is 209 Å². The van der Waals surface area contributed by atoms with Gasteiger partial charge in [-0.25, -0.2) is 47.9 Å². The molecule has 2 fully saturated rings. The molecule has 28 N–H and O–H groups in total. The minimum Gasteiger partial charge on any atom is -0.504 e. The van der Waals surface area contributed by atoms with E-state index >= 15 is 24.0 Å². The molecule has 0 saturated carbocycles. The van der Waals surface area contributed by atoms with Crippen LogP contribution in [0, 0.1) is 0 Å². The second-order valence-corrected chi connectivity index (χ2v) is 29.6. The molecule has 15 rings (SSSR count). The highest BCUT2D eigenvalue weighted by atomic mass is 16.8. The first-order valence-electron chi connectivity index (χ1n) is 37.5. The lowest BCUT2D eigenvalue weighted by Gasteiger charge is -2.49. The summed E-state index contributed by atoms with van der Waals surface area (Å²) in [5.41, 5.74) is -16.8. The van der Waals surface area contributed by atoms with E-state index in [0.717, 1.165) is 0 Å². The number of cyclic esters (lactones) is 1. The predicted octanol–water partition coefficient (Wildman–Crippen LogP) is 0.985. The number of aliphatic hydroxyl groups is 3. The maximum Gasteiger partial charge on any atom is 0.342 e. The summed E-state index contributed by atoms with van der Waals surface area (Å²) in [5, 5.41) is 308. The second-order valence-electron chi connectivity index (χ2n) is 29.6. The fourth-order valence-electron chi connectivity index (χ4n) is 14.7. The van der Waals surface area contributed by atoms with Crippen LogP contribution in [0.2, 0.25) is 0 Å². The molecule has 0 amide bonds. The standard InChI is InChI=1S/C82H58O53/c83-28-1-18(2-29(84)49(28)98)69(109)122-16-42-62(127-70(110)19-3-30(85)50(99)31(86)4-19)65(129-71(111)20-5-32(87)51(100)33(88)6-20)67(79(124-42)133-72(112)21-7-34(89)52(101)35(90)8-21)132-78(118)27-14-39(94)55(104)59(108)60(27)126-61-41(96)13-23-46(58(61)107)45-24(11-38(93)54(103)57(45)106)75(115)130-66-63-43(17-123-74(23)114)125-80(134-73(113)22-9-36(91)53(102)37(92)10-22)68(66)131-76(116)25-12-40(95)56(105)64-47(25)48-26(77(117)128-63)15-44(97)82(121,135-64)81(48,119)120/h1-15,42-43,48,62-63,65-68,79-80,83-96,98-108,119-121H,16-17H2. The molecule has 6 aliphatic rings. The molecule has 12 unspecified atom stereocenters. The van der Waals surface area contributed by atoms with Crippen molar-refractivity contribution in [2.24, 2.45) is 0 Å². The zero-order valence-corrected chi connectivity index (χ0v) is 66.2. The van der Waals surface area contributed by atoms with Gasteiger partial charge in [0.2, 0.25) is 59.3 Å². The molecule has 2 saturated heterocycles. The van der Waals surface area contributed by atoms with Gasteiger partial charge in [-0.15, -0.1) is 0 Å². The highest BCUT2D eigenvalue weighted by molar-refractivity contribution is 6.11. The largest absolute Gasteiger partial charge is 0.504 e. The normalized spacial score (nSPS) is 21.8. The topological polar surface area (TPSA) is 883 Å². The Morgan fingerprint density at radius 2 is 0.741 bits per heavy atom. The lowest BCUT2D eigenvalue weighted by Crippen LogP contribution is -2.70. The average Bonchev–Trinajstić information content (AvgIpc) is 1.44. The Morgan fingerprint density at radius 1 is 0.348 bits per heavy atom. The Hall–Kier alpha value is -18.5. The van der Waals surface area contributed by atoms with Gasteiger partial charge in [-0.3, -0.25) is 4.79 Å². The van der Waals surface area contributed by atoms with Crippen molar-refractivity contribution in [1.29, 1.82) is 0 Å². The van der Waals surface area contributed by atoms with E-state index in [0.29, 0.717) is 60.7 Å². The minimum absolute atomic E-state index is 0.0283. The van der Waals surface area contributed by atoms with Crippen molar-refractivity contribution in [1.82, 2.24) is 0 Å². The van der Waals surface area contributed by atoms with E-state index in [4.69, 9.17) is 66.3 Å². The van der Waals surface area contributed by atoms with Crippen LogP contribution in [0.1, 0.15) is 105 Å². The van der Waals surface area contributed by atoms with Crippen LogP contribution in [-0.2, 0) is 66.4 Å². The highest BCUT2D eigenvalue weighted by Crippen LogP contribution is 2.61. The fourth-order valence-corrected chi connectivity index (χ4v) is 14.7. The number of hydrogen-bond donors (Lipinski definition) is 28. The van der Waals surface area contributed by atoms with E-state index in [9.17, 15) is 172 Å². The van der Waals surface area contributed by atoms with Crippen molar-refractivity contribution in [2.75, 3.05) is 13.2 Å². The summed E-state index contributed by atoms with van der Waals surface area (Å²) in [6.07, 6.45) is -28.6. The van der Waals surface area contributed by atoms with Crippen molar-refractivity contribution in [2.45, 2.75) is 78.9 Å². The Bertz CT molecular complexity index is 6630. The summed E-state index contributed by atoms with van der Waals surface area (Å²) in [5.74, 6) is -74.9. The number of phenols is 25. The number of carbonyl (C=O) groups is 11. The number of benzene rings is 9. The summed E-state index contributed by atoms with van der Waals surface area (Å²) < 4.78 is 79.6. The van der Waals surface area contributed by atoms with Crippen molar-refractivity contribution >= 4 is 65.5 Å². The third-order valence-electron chi connectivity index (χ3n) is 21.3. The third kappa shape index (κ3) is 15.5. The minimum atomic E-state index is -4.19. The third-order valence-corrected chi connectivity index (χ3v) is 21.3. The van der Waals surface area contributed by atoms with Crippen LogP contribution in [0.4, 0.5) is 0 Å². The van der Waals surface area contributed by atoms with Crippen molar-refractivity contribution in [3.8, 4) is 172 Å². The van der Waals surface area contributed by atoms with Crippen LogP contribution in [0.15, 0.2) is 96.6 Å². The van der Waals surface area contributed by atoms with Gasteiger partial charge in [0.25, 0.3) is 5.79 Å². The maximum atomic E-state index is 15.7. The average molecular weight is 1890 g/mol. The van der Waals surface area contributed by atoms with Crippen LogP contribution >= 0.6 is 0 Å². The van der Waals surface area contributed by atoms with Gasteiger partial charge in [0.15, 0.2) is 157 Å². The number of rotatable bonds is 15. The summed E-state index contributed by atoms with van der Waals surface area (Å²) >= 11 is 0. The van der Waals surface area contributed by atoms with Gasteiger partial charge in [-0.1, -0.05) is 0 Å². The van der Waals surface area contributed by atoms with Crippen molar-refractivity contribution < 1.29 is 262 Å². The molecule has 5 aliphatic heterocycles. The van der Waals surface area contributed by atoms with E-state index < -0.39 is 391 Å². The van der Waals surface area contributed by atoms with Gasteiger partial charge in [0.05, 0.1) is 56.0 Å². The molecular weight excluding hydrogens is 1830 g/mol. The quantitative estimate of drug-likeness (QED) is 0.0294. The molecule has 0 aromatic heterocycles. The summed E-state index contributed by atoms with van der Waals surface area (Å²) in [6, 6.07) is 4.53. The van der Waals surface area contributed by atoms with E-state index in [-0.39, 0.29) is 30.3 Å². The zero-order valence-electron chi connectivity index (χ0n) is 66.2. The number of esters is 10. The second kappa shape index (κ2) is 33.2. The lowest BCUT2D eigenvalue weighted by atomic mass is 9.70. The Morgan fingerprint density at radius 3 is 1.25 bits per heavy atom. The van der Waals surface area contributed by atoms with E-state index in [2.05, 4.69) is 0 Å². The molecule has 9 aromatic rings. The maximum absolute atomic E-state index is 15.7. The first-order valence-corrected chi connectivity index (χ1v) is 37.5. The molecule has 9 aromatic carbocycles. The van der Waals surface area contributed by atoms with Gasteiger partial charge in [-0.05, 0) is 84.9 Å². The van der Waals surface area contributed by atoms with Crippen molar-refractivity contribution in [3.63, 3.8) is 0 Å². The van der Waals surface area contributed by atoms with E-state index in [1.165, 1.54) is 0 Å². The highest BCUT2D eigenvalue weighted by Gasteiger charge is 2.71. The van der Waals surface area contributed by atoms with Gasteiger partial charge in [0.1, 0.15) is 31.0 Å². The number of carbonyl (C=O) groups excluding carboxylic acids is 11. The van der Waals surface area contributed by atoms with Gasteiger partial charge >= 0.3 is 65.5 Å². The number of fused-ring (bicyclic) bond motifs is 4. The number of ketones is 1. The molecule has 135 heavy (non-hydrogen) atoms. The van der Waals surface area contributed by atoms with Crippen LogP contribution < -0.4 is 9.47 Å². The van der Waals surface area contributed by atoms with E-state index in [1.807, 2.05) is 0 Å². The predicted molar refractivity (Wildman–Crippen MR) is 412 cm³/mol. The summed E-state index contributed by atoms with van der Waals surface area (Å²) in [4.78, 5) is 163. The number of phenolic OH excluding ortho intramolecular Hbond substituents is 25. The fraction of sp³-hybridized carbons (Fsp3) is 0.183. The molecule has 6 bridgehead atoms. The van der Waals surface area contributed by atoms with Crippen molar-refractivity contribution in [3.05, 3.63) is 152 Å². The number of hydrogen-bond acceptors (Lipinski definition) is 53. The van der Waals surface area contributed by atoms with Crippen LogP contribution in [-0.4, -0.2) is 295 Å². The Kier molecular flexibility index (Phi) is 22.4. The van der Waals surface area contributed by atoms with Crippen LogP contribution in [0.25, 0.3) is 11.1 Å². The molecule has 704 valence electrons. The molecule has 0 spiro atoms. The molecule has 53 heteroatoms. The number of aromatic hydroxyl groups is 25. The molecule has 5 heterocycles. The molecule has 12 atom stereocenters. The number of ether oxygens (including phenoxy) is 14. The monoisotopic (exact) mass is 1890 g/mol. The van der Waals surface area contributed by atoms with Gasteiger partial charge in [0, 0.05) is 22.8 Å². The zero-order chi connectivity index (χ0) is 98.3. The first-order chi connectivity index (χ1) is 63.4. The lowest BCUT2D eigenvalue weighted by molar-refractivity contribution is -0.339. The smallest absolute Gasteiger partial charge is 0.342 e. The van der Waals surface area contributed by atoms with Gasteiger partial charge in [-0.2, -0.15) is 0 Å². The van der Waals surface area contributed by atoms with Crippen LogP contribution in [0.3, 0.4) is 0 Å². The van der Waals surface area contributed by atoms with Crippen LogP contribution in [0.5, 0.6) is 161 Å². The molecule has 0 radical (unpaired) electrons. The first kappa shape index (κ1) is 91.2. The molecule has 53 nitrogen and oxygen atoms in total. The Labute approximate surface area is 741 Å². The Balaban J connectivity index is 0.873.